The van der Waals surface area contributed by atoms with Gasteiger partial charge in [0.1, 0.15) is 18.2 Å². The highest BCUT2D eigenvalue weighted by molar-refractivity contribution is 5.34. The van der Waals surface area contributed by atoms with Gasteiger partial charge >= 0.3 is 0 Å². The third-order valence-corrected chi connectivity index (χ3v) is 1.58. The summed E-state index contributed by atoms with van der Waals surface area (Å²) in [5, 5.41) is 12.4. The maximum absolute atomic E-state index is 8.52. The second kappa shape index (κ2) is 3.14. The number of nitrogens with zero attached hydrogens (tertiary/aromatic N) is 5. The predicted molar refractivity (Wildman–Crippen MR) is 48.3 cm³/mol. The molecule has 0 saturated heterocycles. The summed E-state index contributed by atoms with van der Waals surface area (Å²) in [4.78, 5) is 7.77. The van der Waals surface area contributed by atoms with Gasteiger partial charge in [-0.2, -0.15) is 5.26 Å². The van der Waals surface area contributed by atoms with Crippen molar-refractivity contribution in [1.82, 2.24) is 19.7 Å². The molecule has 2 aromatic rings. The van der Waals surface area contributed by atoms with Crippen LogP contribution < -0.4 is 5.73 Å². The lowest BCUT2D eigenvalue weighted by Crippen LogP contribution is -2.00. The molecule has 0 spiro atoms. The van der Waals surface area contributed by atoms with Crippen molar-refractivity contribution < 1.29 is 0 Å². The van der Waals surface area contributed by atoms with E-state index in [0.29, 0.717) is 11.6 Å². The summed E-state index contributed by atoms with van der Waals surface area (Å²) in [6, 6.07) is 6.99. The van der Waals surface area contributed by atoms with E-state index >= 15 is 0 Å². The van der Waals surface area contributed by atoms with Crippen LogP contribution in [-0.4, -0.2) is 19.7 Å². The van der Waals surface area contributed by atoms with Crippen molar-refractivity contribution in [2.75, 3.05) is 5.73 Å². The molecule has 0 aromatic carbocycles. The summed E-state index contributed by atoms with van der Waals surface area (Å²) in [7, 11) is 0. The minimum Gasteiger partial charge on any atom is -0.384 e. The normalized spacial score (nSPS) is 9.64. The number of pyridine rings is 1. The highest BCUT2D eigenvalue weighted by Crippen LogP contribution is 2.04. The fourth-order valence-electron chi connectivity index (χ4n) is 0.992. The van der Waals surface area contributed by atoms with Gasteiger partial charge in [0.25, 0.3) is 5.82 Å². The van der Waals surface area contributed by atoms with Crippen molar-refractivity contribution in [2.24, 2.45) is 0 Å². The summed E-state index contributed by atoms with van der Waals surface area (Å²) in [6.45, 7) is 0. The Balaban J connectivity index is 2.45. The van der Waals surface area contributed by atoms with Gasteiger partial charge in [-0.05, 0) is 12.1 Å². The molecule has 6 nitrogen and oxygen atoms in total. The van der Waals surface area contributed by atoms with Crippen molar-refractivity contribution in [3.05, 3.63) is 30.4 Å². The molecular weight excluding hydrogens is 180 g/mol. The van der Waals surface area contributed by atoms with Gasteiger partial charge in [-0.15, -0.1) is 5.10 Å². The molecule has 0 amide bonds. The topological polar surface area (TPSA) is 93.4 Å². The van der Waals surface area contributed by atoms with E-state index in [1.807, 2.05) is 6.07 Å². The van der Waals surface area contributed by atoms with Crippen molar-refractivity contribution in [2.45, 2.75) is 0 Å². The Labute approximate surface area is 79.6 Å². The van der Waals surface area contributed by atoms with Gasteiger partial charge in [-0.3, -0.25) is 0 Å². The van der Waals surface area contributed by atoms with Crippen LogP contribution in [0.5, 0.6) is 0 Å². The van der Waals surface area contributed by atoms with Crippen LogP contribution in [0.25, 0.3) is 5.82 Å². The number of anilines is 1. The van der Waals surface area contributed by atoms with Gasteiger partial charge in [0.05, 0.1) is 0 Å². The Hall–Kier alpha value is -2.42. The van der Waals surface area contributed by atoms with Gasteiger partial charge in [0.15, 0.2) is 5.82 Å². The molecule has 0 radical (unpaired) electrons. The number of nitrogens with two attached hydrogens (primary N) is 1. The molecule has 6 heteroatoms. The monoisotopic (exact) mass is 186 g/mol. The van der Waals surface area contributed by atoms with Crippen LogP contribution in [0.4, 0.5) is 5.82 Å². The molecule has 14 heavy (non-hydrogen) atoms. The van der Waals surface area contributed by atoms with Gasteiger partial charge in [-0.25, -0.2) is 14.6 Å². The fraction of sp³-hybridized carbons (Fsp3) is 0. The quantitative estimate of drug-likeness (QED) is 0.682. The lowest BCUT2D eigenvalue weighted by Gasteiger charge is -1.98. The van der Waals surface area contributed by atoms with Gasteiger partial charge in [-0.1, -0.05) is 6.07 Å². The molecule has 0 unspecified atom stereocenters. The summed E-state index contributed by atoms with van der Waals surface area (Å²) < 4.78 is 1.40. The summed E-state index contributed by atoms with van der Waals surface area (Å²) in [6.07, 6.45) is 1.42. The number of hydrogen-bond acceptors (Lipinski definition) is 5. The van der Waals surface area contributed by atoms with E-state index in [9.17, 15) is 0 Å². The van der Waals surface area contributed by atoms with E-state index in [1.54, 1.807) is 18.2 Å². The first-order valence-electron chi connectivity index (χ1n) is 3.84. The summed E-state index contributed by atoms with van der Waals surface area (Å²) >= 11 is 0. The third kappa shape index (κ3) is 1.38. The molecule has 0 bridgehead atoms. The summed E-state index contributed by atoms with van der Waals surface area (Å²) in [5.41, 5.74) is 5.50. The zero-order valence-corrected chi connectivity index (χ0v) is 7.12. The van der Waals surface area contributed by atoms with Crippen LogP contribution in [0.1, 0.15) is 5.82 Å². The van der Waals surface area contributed by atoms with Crippen LogP contribution in [0.15, 0.2) is 24.5 Å². The molecule has 0 fully saturated rings. The SMILES string of the molecule is N#Cc1ncn(-c2cccc(N)n2)n1. The minimum absolute atomic E-state index is 0.106. The van der Waals surface area contributed by atoms with Crippen LogP contribution in [-0.2, 0) is 0 Å². The maximum atomic E-state index is 8.52. The average molecular weight is 186 g/mol. The van der Waals surface area contributed by atoms with Crippen molar-refractivity contribution in [3.8, 4) is 11.9 Å². The molecule has 0 aliphatic heterocycles. The van der Waals surface area contributed by atoms with E-state index in [-0.39, 0.29) is 5.82 Å². The van der Waals surface area contributed by atoms with Crippen LogP contribution in [0.2, 0.25) is 0 Å². The Morgan fingerprint density at radius 3 is 2.93 bits per heavy atom. The van der Waals surface area contributed by atoms with Crippen molar-refractivity contribution >= 4 is 5.82 Å². The molecule has 0 aliphatic rings. The number of aromatic nitrogens is 4. The second-order valence-electron chi connectivity index (χ2n) is 2.55. The number of hydrogen-bond donors (Lipinski definition) is 1. The maximum Gasteiger partial charge on any atom is 0.252 e. The van der Waals surface area contributed by atoms with Crippen LogP contribution in [0, 0.1) is 11.3 Å². The number of nitriles is 1. The largest absolute Gasteiger partial charge is 0.384 e. The highest BCUT2D eigenvalue weighted by atomic mass is 15.4. The van der Waals surface area contributed by atoms with E-state index in [4.69, 9.17) is 11.0 Å². The first-order chi connectivity index (χ1) is 6.79. The molecule has 0 aliphatic carbocycles. The molecule has 68 valence electrons. The Bertz CT molecular complexity index is 495. The van der Waals surface area contributed by atoms with E-state index in [1.165, 1.54) is 11.0 Å². The molecule has 0 atom stereocenters. The first-order valence-corrected chi connectivity index (χ1v) is 3.84. The molecule has 2 heterocycles. The standard InChI is InChI=1S/C8H6N6/c9-4-7-11-5-14(13-7)8-3-1-2-6(10)12-8/h1-3,5H,(H2,10,12). The lowest BCUT2D eigenvalue weighted by atomic mass is 10.4. The molecule has 0 saturated carbocycles. The predicted octanol–water partition coefficient (Wildman–Crippen LogP) is 0.116. The fourth-order valence-corrected chi connectivity index (χ4v) is 0.992. The Morgan fingerprint density at radius 1 is 1.43 bits per heavy atom. The van der Waals surface area contributed by atoms with E-state index in [0.717, 1.165) is 0 Å². The first kappa shape index (κ1) is 8.19. The van der Waals surface area contributed by atoms with Gasteiger partial charge < -0.3 is 5.73 Å². The molecule has 2 aromatic heterocycles. The smallest absolute Gasteiger partial charge is 0.252 e. The molecule has 2 N–H and O–H groups in total. The average Bonchev–Trinajstić information content (AvgIpc) is 2.66. The summed E-state index contributed by atoms with van der Waals surface area (Å²) in [5.74, 6) is 1.05. The Kier molecular flexibility index (Phi) is 1.84. The zero-order valence-electron chi connectivity index (χ0n) is 7.12. The molecular formula is C8H6N6. The second-order valence-corrected chi connectivity index (χ2v) is 2.55. The van der Waals surface area contributed by atoms with Gasteiger partial charge in [0.2, 0.25) is 0 Å². The third-order valence-electron chi connectivity index (χ3n) is 1.58. The van der Waals surface area contributed by atoms with Crippen LogP contribution >= 0.6 is 0 Å². The van der Waals surface area contributed by atoms with Crippen molar-refractivity contribution in [3.63, 3.8) is 0 Å². The zero-order chi connectivity index (χ0) is 9.97. The highest BCUT2D eigenvalue weighted by Gasteiger charge is 2.02. The number of nitrogen functional groups attached to an aromatic ring is 1. The van der Waals surface area contributed by atoms with Crippen molar-refractivity contribution in [1.29, 1.82) is 5.26 Å². The molecule has 2 rings (SSSR count). The number of rotatable bonds is 1. The van der Waals surface area contributed by atoms with Crippen LogP contribution in [0.3, 0.4) is 0 Å². The van der Waals surface area contributed by atoms with Gasteiger partial charge in [0, 0.05) is 0 Å². The minimum atomic E-state index is 0.106. The lowest BCUT2D eigenvalue weighted by molar-refractivity contribution is 0.842. The van der Waals surface area contributed by atoms with E-state index in [2.05, 4.69) is 15.1 Å². The Morgan fingerprint density at radius 2 is 2.29 bits per heavy atom. The van der Waals surface area contributed by atoms with E-state index < -0.39 is 0 Å².